The molecule has 2 aliphatic rings. The minimum Gasteiger partial charge on any atom is -0.407 e. The first kappa shape index (κ1) is 26.5. The third-order valence-corrected chi connectivity index (χ3v) is 6.33. The van der Waals surface area contributed by atoms with E-state index in [4.69, 9.17) is 16.3 Å². The van der Waals surface area contributed by atoms with Gasteiger partial charge >= 0.3 is 12.3 Å². The summed E-state index contributed by atoms with van der Waals surface area (Å²) in [7, 11) is 0. The lowest BCUT2D eigenvalue weighted by atomic mass is 10.1. The van der Waals surface area contributed by atoms with Gasteiger partial charge in [-0.1, -0.05) is 11.6 Å². The van der Waals surface area contributed by atoms with Gasteiger partial charge in [0.15, 0.2) is 5.75 Å². The van der Waals surface area contributed by atoms with E-state index >= 15 is 0 Å². The van der Waals surface area contributed by atoms with Crippen LogP contribution in [0.1, 0.15) is 36.9 Å². The number of rotatable bonds is 9. The molecule has 3 aromatic rings. The van der Waals surface area contributed by atoms with Gasteiger partial charge in [0.05, 0.1) is 47.8 Å². The highest BCUT2D eigenvalue weighted by molar-refractivity contribution is 6.30. The molecule has 2 saturated carbocycles. The number of nitrogens with one attached hydrogen (secondary N) is 4. The summed E-state index contributed by atoms with van der Waals surface area (Å²) >= 11 is 5.72. The predicted molar refractivity (Wildman–Crippen MR) is 136 cm³/mol. The van der Waals surface area contributed by atoms with Crippen molar-refractivity contribution in [2.75, 3.05) is 10.6 Å². The van der Waals surface area contributed by atoms with Gasteiger partial charge in [0.25, 0.3) is 0 Å². The van der Waals surface area contributed by atoms with Crippen molar-refractivity contribution < 1.29 is 27.5 Å². The van der Waals surface area contributed by atoms with Crippen molar-refractivity contribution in [1.29, 1.82) is 0 Å². The molecule has 0 spiro atoms. The number of alkyl halides is 3. The maximum atomic E-state index is 13.3. The lowest BCUT2D eigenvalue weighted by Crippen LogP contribution is -2.49. The van der Waals surface area contributed by atoms with Crippen LogP contribution in [0.2, 0.25) is 5.02 Å². The largest absolute Gasteiger partial charge is 0.418 e. The average molecular weight is 562 g/mol. The Morgan fingerprint density at radius 3 is 2.41 bits per heavy atom. The van der Waals surface area contributed by atoms with E-state index in [1.54, 1.807) is 12.1 Å². The zero-order chi connectivity index (χ0) is 27.6. The van der Waals surface area contributed by atoms with E-state index in [1.807, 2.05) is 0 Å². The fourth-order valence-corrected chi connectivity index (χ4v) is 3.85. The van der Waals surface area contributed by atoms with Crippen molar-refractivity contribution in [3.8, 4) is 5.75 Å². The highest BCUT2D eigenvalue weighted by Gasteiger charge is 2.51. The predicted octanol–water partition coefficient (Wildman–Crippen LogP) is 4.80. The number of carbonyl (C=O) groups excluding carboxylic acids is 2. The molecule has 0 unspecified atom stereocenters. The molecule has 0 atom stereocenters. The first-order valence-corrected chi connectivity index (χ1v) is 12.4. The van der Waals surface area contributed by atoms with Gasteiger partial charge in [-0.2, -0.15) is 13.2 Å². The standard InChI is InChI=1S/C25H23ClF3N7O3/c26-14-1-6-20(19(9-14)25(27,28)29)34-17-5-4-16(30-11-17)10-31-21(37)24(7-8-24)36-23(38)39-18-12-32-22(33-13-18)35-15-2-3-15/h1,4-6,9,11-13,15,34H,2-3,7-8,10H2,(H,31,37)(H,36,38)(H,32,33,35). The number of nitrogens with zero attached hydrogens (tertiary/aromatic N) is 3. The van der Waals surface area contributed by atoms with Gasteiger partial charge < -0.3 is 26.0 Å². The van der Waals surface area contributed by atoms with E-state index in [1.165, 1.54) is 30.7 Å². The van der Waals surface area contributed by atoms with Crippen LogP contribution in [0.25, 0.3) is 0 Å². The summed E-state index contributed by atoms with van der Waals surface area (Å²) in [6.07, 6.45) is 1.73. The van der Waals surface area contributed by atoms with Crippen molar-refractivity contribution in [1.82, 2.24) is 25.6 Å². The van der Waals surface area contributed by atoms with Crippen molar-refractivity contribution in [3.63, 3.8) is 0 Å². The summed E-state index contributed by atoms with van der Waals surface area (Å²) in [6, 6.07) is 6.93. The highest BCUT2D eigenvalue weighted by Crippen LogP contribution is 2.38. The number of pyridine rings is 1. The van der Waals surface area contributed by atoms with Crippen molar-refractivity contribution >= 4 is 40.9 Å². The van der Waals surface area contributed by atoms with Crippen LogP contribution in [-0.2, 0) is 17.5 Å². The summed E-state index contributed by atoms with van der Waals surface area (Å²) in [4.78, 5) is 37.4. The Morgan fingerprint density at radius 2 is 1.79 bits per heavy atom. The molecule has 10 nitrogen and oxygen atoms in total. The number of carbonyl (C=O) groups is 2. The maximum absolute atomic E-state index is 13.3. The number of amides is 2. The van der Waals surface area contributed by atoms with Crippen LogP contribution in [-0.4, -0.2) is 38.5 Å². The molecule has 1 aromatic carbocycles. The first-order valence-electron chi connectivity index (χ1n) is 12.1. The summed E-state index contributed by atoms with van der Waals surface area (Å²) in [5.41, 5.74) is -1.36. The van der Waals surface area contributed by atoms with Gasteiger partial charge in [0, 0.05) is 11.1 Å². The monoisotopic (exact) mass is 561 g/mol. The molecule has 2 amide bonds. The average Bonchev–Trinajstić information content (AvgIpc) is 3.83. The third kappa shape index (κ3) is 6.85. The topological polar surface area (TPSA) is 130 Å². The molecule has 204 valence electrons. The third-order valence-electron chi connectivity index (χ3n) is 6.10. The first-order chi connectivity index (χ1) is 18.6. The van der Waals surface area contributed by atoms with Crippen LogP contribution in [0.15, 0.2) is 48.9 Å². The molecule has 2 fully saturated rings. The SMILES string of the molecule is O=C(NC1(C(=O)NCc2ccc(Nc3ccc(Cl)cc3C(F)(F)F)cn2)CC1)Oc1cnc(NC2CC2)nc1. The minimum absolute atomic E-state index is 0.0300. The fraction of sp³-hybridized carbons (Fsp3) is 0.320. The van der Waals surface area contributed by atoms with Crippen LogP contribution >= 0.6 is 11.6 Å². The minimum atomic E-state index is -4.59. The second-order valence-electron chi connectivity index (χ2n) is 9.29. The Labute approximate surface area is 225 Å². The van der Waals surface area contributed by atoms with E-state index in [0.717, 1.165) is 18.9 Å². The number of aromatic nitrogens is 3. The van der Waals surface area contributed by atoms with Crippen molar-refractivity contribution in [2.24, 2.45) is 0 Å². The van der Waals surface area contributed by atoms with Gasteiger partial charge in [-0.05, 0) is 56.0 Å². The zero-order valence-corrected chi connectivity index (χ0v) is 21.1. The Kier molecular flexibility index (Phi) is 7.17. The molecule has 2 heterocycles. The van der Waals surface area contributed by atoms with Crippen LogP contribution in [0.4, 0.5) is 35.3 Å². The van der Waals surface area contributed by atoms with Gasteiger partial charge in [0.2, 0.25) is 11.9 Å². The van der Waals surface area contributed by atoms with Gasteiger partial charge in [0.1, 0.15) is 5.54 Å². The van der Waals surface area contributed by atoms with Gasteiger partial charge in [-0.25, -0.2) is 14.8 Å². The quantitative estimate of drug-likeness (QED) is 0.293. The molecular formula is C25H23ClF3N7O3. The lowest BCUT2D eigenvalue weighted by Gasteiger charge is -2.17. The van der Waals surface area contributed by atoms with E-state index in [2.05, 4.69) is 36.2 Å². The number of anilines is 3. The summed E-state index contributed by atoms with van der Waals surface area (Å²) < 4.78 is 45.2. The molecule has 4 N–H and O–H groups in total. The molecule has 2 aromatic heterocycles. The molecule has 14 heteroatoms. The van der Waals surface area contributed by atoms with Gasteiger partial charge in [-0.15, -0.1) is 0 Å². The maximum Gasteiger partial charge on any atom is 0.418 e. The van der Waals surface area contributed by atoms with Crippen molar-refractivity contribution in [3.05, 3.63) is 65.2 Å². The molecule has 39 heavy (non-hydrogen) atoms. The Balaban J connectivity index is 1.11. The molecule has 0 saturated heterocycles. The second kappa shape index (κ2) is 10.6. The Morgan fingerprint density at radius 1 is 1.05 bits per heavy atom. The second-order valence-corrected chi connectivity index (χ2v) is 9.73. The summed E-state index contributed by atoms with van der Waals surface area (Å²) in [6.45, 7) is 0.0512. The van der Waals surface area contributed by atoms with Crippen molar-refractivity contribution in [2.45, 2.75) is 50.0 Å². The van der Waals surface area contributed by atoms with Crippen LogP contribution in [0, 0.1) is 0 Å². The van der Waals surface area contributed by atoms with E-state index < -0.39 is 29.3 Å². The van der Waals surface area contributed by atoms with Crippen LogP contribution < -0.4 is 26.0 Å². The number of hydrogen-bond acceptors (Lipinski definition) is 8. The fourth-order valence-electron chi connectivity index (χ4n) is 3.67. The van der Waals surface area contributed by atoms with E-state index in [0.29, 0.717) is 36.2 Å². The Hall–Kier alpha value is -4.13. The van der Waals surface area contributed by atoms with E-state index in [-0.39, 0.29) is 23.0 Å². The van der Waals surface area contributed by atoms with Crippen LogP contribution in [0.3, 0.4) is 0 Å². The lowest BCUT2D eigenvalue weighted by molar-refractivity contribution is -0.137. The summed E-state index contributed by atoms with van der Waals surface area (Å²) in [5, 5.41) is 11.1. The number of benzene rings is 1. The molecule has 0 aliphatic heterocycles. The molecule has 0 radical (unpaired) electrons. The normalized spacial score (nSPS) is 15.7. The molecule has 0 bridgehead atoms. The highest BCUT2D eigenvalue weighted by atomic mass is 35.5. The van der Waals surface area contributed by atoms with E-state index in [9.17, 15) is 22.8 Å². The number of halogens is 4. The van der Waals surface area contributed by atoms with Crippen LogP contribution in [0.5, 0.6) is 5.75 Å². The zero-order valence-electron chi connectivity index (χ0n) is 20.3. The van der Waals surface area contributed by atoms with Gasteiger partial charge in [-0.3, -0.25) is 9.78 Å². The number of ether oxygens (including phenoxy) is 1. The molecule has 2 aliphatic carbocycles. The summed E-state index contributed by atoms with van der Waals surface area (Å²) in [5.74, 6) is 0.195. The Bertz CT molecular complexity index is 1360. The number of hydrogen-bond donors (Lipinski definition) is 4. The molecular weight excluding hydrogens is 539 g/mol. The molecule has 5 rings (SSSR count). The smallest absolute Gasteiger partial charge is 0.407 e.